The predicted octanol–water partition coefficient (Wildman–Crippen LogP) is 4.22. The number of imidazole rings is 1. The second-order valence-corrected chi connectivity index (χ2v) is 8.37. The zero-order chi connectivity index (χ0) is 20.1. The van der Waals surface area contributed by atoms with Gasteiger partial charge in [-0.15, -0.1) is 0 Å². The molecule has 0 aliphatic carbocycles. The van der Waals surface area contributed by atoms with E-state index in [0.717, 1.165) is 54.3 Å². The molecule has 2 aromatic carbocycles. The standard InChI is InChI=1S/C23H27N3O2S/c1-29-17-22-24-20-11-5-6-12-21(20)26(22)15-23(27)25-13-7-8-18(14-25)16-28-19-9-3-2-4-10-19/h2-6,9-12,18H,7-8,13-17H2,1H3. The van der Waals surface area contributed by atoms with E-state index in [1.54, 1.807) is 11.8 Å². The molecule has 5 nitrogen and oxygen atoms in total. The Kier molecular flexibility index (Phi) is 6.39. The lowest BCUT2D eigenvalue weighted by atomic mass is 9.99. The average molecular weight is 410 g/mol. The summed E-state index contributed by atoms with van der Waals surface area (Å²) >= 11 is 1.73. The Hall–Kier alpha value is -2.47. The summed E-state index contributed by atoms with van der Waals surface area (Å²) in [6.45, 7) is 2.59. The van der Waals surface area contributed by atoms with Crippen LogP contribution in [0.1, 0.15) is 18.7 Å². The molecule has 2 heterocycles. The number of aromatic nitrogens is 2. The van der Waals surface area contributed by atoms with Gasteiger partial charge in [0.05, 0.1) is 23.4 Å². The molecule has 0 spiro atoms. The van der Waals surface area contributed by atoms with Crippen molar-refractivity contribution >= 4 is 28.7 Å². The van der Waals surface area contributed by atoms with Gasteiger partial charge in [-0.2, -0.15) is 11.8 Å². The van der Waals surface area contributed by atoms with Gasteiger partial charge in [-0.05, 0) is 43.4 Å². The third-order valence-electron chi connectivity index (χ3n) is 5.40. The van der Waals surface area contributed by atoms with E-state index in [1.807, 2.05) is 59.5 Å². The number of hydrogen-bond acceptors (Lipinski definition) is 4. The zero-order valence-corrected chi connectivity index (χ0v) is 17.6. The third-order valence-corrected chi connectivity index (χ3v) is 5.95. The van der Waals surface area contributed by atoms with E-state index in [4.69, 9.17) is 9.72 Å². The summed E-state index contributed by atoms with van der Waals surface area (Å²) in [5, 5.41) is 0. The van der Waals surface area contributed by atoms with Crippen LogP contribution >= 0.6 is 11.8 Å². The Bertz CT molecular complexity index is 957. The summed E-state index contributed by atoms with van der Waals surface area (Å²) in [4.78, 5) is 19.8. The first-order valence-corrected chi connectivity index (χ1v) is 11.5. The molecule has 1 aliphatic heterocycles. The molecule has 1 aromatic heterocycles. The number of benzene rings is 2. The number of ether oxygens (including phenoxy) is 1. The van der Waals surface area contributed by atoms with Crippen LogP contribution in [0.25, 0.3) is 11.0 Å². The lowest BCUT2D eigenvalue weighted by Crippen LogP contribution is -2.43. The molecule has 0 saturated carbocycles. The van der Waals surface area contributed by atoms with Crippen molar-refractivity contribution in [3.05, 3.63) is 60.4 Å². The first kappa shape index (κ1) is 19.8. The van der Waals surface area contributed by atoms with Gasteiger partial charge in [-0.25, -0.2) is 4.98 Å². The molecule has 0 bridgehead atoms. The number of nitrogens with zero attached hydrogens (tertiary/aromatic N) is 3. The summed E-state index contributed by atoms with van der Waals surface area (Å²) in [7, 11) is 0. The number of fused-ring (bicyclic) bond motifs is 1. The molecule has 1 amide bonds. The van der Waals surface area contributed by atoms with Crippen molar-refractivity contribution in [2.75, 3.05) is 26.0 Å². The van der Waals surface area contributed by atoms with Crippen molar-refractivity contribution in [2.45, 2.75) is 25.1 Å². The van der Waals surface area contributed by atoms with Crippen molar-refractivity contribution in [1.29, 1.82) is 0 Å². The van der Waals surface area contributed by atoms with Crippen LogP contribution in [0.2, 0.25) is 0 Å². The van der Waals surface area contributed by atoms with Crippen LogP contribution in [0.3, 0.4) is 0 Å². The first-order valence-electron chi connectivity index (χ1n) is 10.1. The second kappa shape index (κ2) is 9.35. The number of carbonyl (C=O) groups excluding carboxylic acids is 1. The van der Waals surface area contributed by atoms with E-state index in [0.29, 0.717) is 19.1 Å². The molecule has 1 saturated heterocycles. The number of hydrogen-bond donors (Lipinski definition) is 0. The Morgan fingerprint density at radius 2 is 1.97 bits per heavy atom. The molecule has 29 heavy (non-hydrogen) atoms. The largest absolute Gasteiger partial charge is 0.493 e. The fraction of sp³-hybridized carbons (Fsp3) is 0.391. The molecule has 3 aromatic rings. The molecule has 1 atom stereocenters. The van der Waals surface area contributed by atoms with Crippen LogP contribution < -0.4 is 4.74 Å². The van der Waals surface area contributed by atoms with Crippen molar-refractivity contribution in [2.24, 2.45) is 5.92 Å². The first-order chi connectivity index (χ1) is 14.2. The lowest BCUT2D eigenvalue weighted by molar-refractivity contribution is -0.133. The number of piperidine rings is 1. The molecule has 0 N–H and O–H groups in total. The van der Waals surface area contributed by atoms with Gasteiger partial charge in [-0.3, -0.25) is 4.79 Å². The highest BCUT2D eigenvalue weighted by atomic mass is 32.2. The summed E-state index contributed by atoms with van der Waals surface area (Å²) in [6.07, 6.45) is 4.19. The van der Waals surface area contributed by atoms with E-state index < -0.39 is 0 Å². The summed E-state index contributed by atoms with van der Waals surface area (Å²) in [5.74, 6) is 3.20. The second-order valence-electron chi connectivity index (χ2n) is 7.51. The van der Waals surface area contributed by atoms with Crippen molar-refractivity contribution in [3.63, 3.8) is 0 Å². The Balaban J connectivity index is 1.42. The van der Waals surface area contributed by atoms with E-state index in [9.17, 15) is 4.79 Å². The number of carbonyl (C=O) groups is 1. The van der Waals surface area contributed by atoms with Gasteiger partial charge in [0, 0.05) is 19.0 Å². The van der Waals surface area contributed by atoms with E-state index in [2.05, 4.69) is 10.8 Å². The molecule has 6 heteroatoms. The molecule has 1 aliphatic rings. The number of amides is 1. The SMILES string of the molecule is CSCc1nc2ccccc2n1CC(=O)N1CCCC(COc2ccccc2)C1. The summed E-state index contributed by atoms with van der Waals surface area (Å²) in [5.41, 5.74) is 1.99. The van der Waals surface area contributed by atoms with Crippen molar-refractivity contribution in [1.82, 2.24) is 14.5 Å². The fourth-order valence-electron chi connectivity index (χ4n) is 3.93. The Labute approximate surface area is 176 Å². The molecule has 0 radical (unpaired) electrons. The van der Waals surface area contributed by atoms with Crippen molar-refractivity contribution in [3.8, 4) is 5.75 Å². The number of thioether (sulfide) groups is 1. The highest BCUT2D eigenvalue weighted by Crippen LogP contribution is 2.22. The van der Waals surface area contributed by atoms with Gasteiger partial charge in [0.15, 0.2) is 0 Å². The average Bonchev–Trinajstić information content (AvgIpc) is 3.10. The minimum Gasteiger partial charge on any atom is -0.493 e. The van der Waals surface area contributed by atoms with E-state index in [1.165, 1.54) is 0 Å². The minimum atomic E-state index is 0.167. The fourth-order valence-corrected chi connectivity index (χ4v) is 4.41. The van der Waals surface area contributed by atoms with Crippen LogP contribution in [-0.4, -0.2) is 46.3 Å². The highest BCUT2D eigenvalue weighted by Gasteiger charge is 2.25. The van der Waals surface area contributed by atoms with E-state index in [-0.39, 0.29) is 5.91 Å². The monoisotopic (exact) mass is 409 g/mol. The Morgan fingerprint density at radius 1 is 1.17 bits per heavy atom. The van der Waals surface area contributed by atoms with Gasteiger partial charge < -0.3 is 14.2 Å². The van der Waals surface area contributed by atoms with Crippen LogP contribution in [-0.2, 0) is 17.1 Å². The van der Waals surface area contributed by atoms with Crippen LogP contribution in [0, 0.1) is 5.92 Å². The van der Waals surface area contributed by atoms with Crippen LogP contribution in [0.5, 0.6) is 5.75 Å². The molecular formula is C23H27N3O2S. The van der Waals surface area contributed by atoms with E-state index >= 15 is 0 Å². The maximum absolute atomic E-state index is 13.1. The molecule has 152 valence electrons. The van der Waals surface area contributed by atoms with Gasteiger partial charge in [0.1, 0.15) is 18.1 Å². The maximum atomic E-state index is 13.1. The lowest BCUT2D eigenvalue weighted by Gasteiger charge is -2.33. The number of rotatable bonds is 7. The van der Waals surface area contributed by atoms with Crippen LogP contribution in [0.15, 0.2) is 54.6 Å². The van der Waals surface area contributed by atoms with Gasteiger partial charge >= 0.3 is 0 Å². The summed E-state index contributed by atoms with van der Waals surface area (Å²) in [6, 6.07) is 18.0. The van der Waals surface area contributed by atoms with Gasteiger partial charge in [0.25, 0.3) is 0 Å². The minimum absolute atomic E-state index is 0.167. The molecular weight excluding hydrogens is 382 g/mol. The quantitative estimate of drug-likeness (QED) is 0.586. The smallest absolute Gasteiger partial charge is 0.242 e. The highest BCUT2D eigenvalue weighted by molar-refractivity contribution is 7.97. The zero-order valence-electron chi connectivity index (χ0n) is 16.8. The van der Waals surface area contributed by atoms with Gasteiger partial charge in [0.2, 0.25) is 5.91 Å². The predicted molar refractivity (Wildman–Crippen MR) is 118 cm³/mol. The third kappa shape index (κ3) is 4.75. The normalized spacial score (nSPS) is 16.9. The topological polar surface area (TPSA) is 47.4 Å². The summed E-state index contributed by atoms with van der Waals surface area (Å²) < 4.78 is 8.01. The van der Waals surface area contributed by atoms with Crippen molar-refractivity contribution < 1.29 is 9.53 Å². The molecule has 1 fully saturated rings. The maximum Gasteiger partial charge on any atom is 0.242 e. The number of likely N-dealkylation sites (tertiary alicyclic amines) is 1. The van der Waals surface area contributed by atoms with Gasteiger partial charge in [-0.1, -0.05) is 30.3 Å². The van der Waals surface area contributed by atoms with Crippen LogP contribution in [0.4, 0.5) is 0 Å². The molecule has 4 rings (SSSR count). The number of para-hydroxylation sites is 3. The molecule has 1 unspecified atom stereocenters. The Morgan fingerprint density at radius 3 is 2.79 bits per heavy atom.